The number of imidazole rings is 1. The number of amides is 1. The van der Waals surface area contributed by atoms with Gasteiger partial charge in [-0.05, 0) is 48.5 Å². The van der Waals surface area contributed by atoms with Crippen molar-refractivity contribution in [2.24, 2.45) is 17.3 Å². The number of anilines is 3. The van der Waals surface area contributed by atoms with Crippen LogP contribution in [-0.4, -0.2) is 15.5 Å². The molecule has 1 heterocycles. The first-order valence-corrected chi connectivity index (χ1v) is 7.74. The van der Waals surface area contributed by atoms with Crippen LogP contribution in [0.25, 0.3) is 0 Å². The zero-order valence-corrected chi connectivity index (χ0v) is 14.0. The van der Waals surface area contributed by atoms with E-state index in [2.05, 4.69) is 25.8 Å². The quantitative estimate of drug-likeness (QED) is 0.672. The second-order valence-corrected chi connectivity index (χ2v) is 5.47. The standard InChI is InChI=1S/C18H18N6O/c1-13(25)20-14-3-5-15(6-4-14)21-16-7-9-17(10-8-16)22-23-18-19-11-12-24(18)2/h3-12,21H,1-2H3,(H,20,25)/b23-22+. The normalized spacial score (nSPS) is 10.8. The molecule has 25 heavy (non-hydrogen) atoms. The SMILES string of the molecule is CC(=O)Nc1ccc(Nc2ccc(/N=N/c3nccn3C)cc2)cc1. The highest BCUT2D eigenvalue weighted by atomic mass is 16.1. The van der Waals surface area contributed by atoms with Crippen LogP contribution < -0.4 is 10.6 Å². The van der Waals surface area contributed by atoms with Gasteiger partial charge in [0.05, 0.1) is 5.69 Å². The Hall–Kier alpha value is -3.48. The highest BCUT2D eigenvalue weighted by Gasteiger charge is 1.99. The van der Waals surface area contributed by atoms with Gasteiger partial charge in [0.15, 0.2) is 0 Å². The van der Waals surface area contributed by atoms with Crippen molar-refractivity contribution in [1.29, 1.82) is 0 Å². The highest BCUT2D eigenvalue weighted by Crippen LogP contribution is 2.22. The van der Waals surface area contributed by atoms with Gasteiger partial charge in [0.25, 0.3) is 0 Å². The van der Waals surface area contributed by atoms with Gasteiger partial charge in [-0.3, -0.25) is 4.79 Å². The number of azo groups is 1. The Bertz CT molecular complexity index is 881. The average molecular weight is 334 g/mol. The summed E-state index contributed by atoms with van der Waals surface area (Å²) in [7, 11) is 1.87. The lowest BCUT2D eigenvalue weighted by molar-refractivity contribution is -0.114. The maximum atomic E-state index is 11.0. The molecule has 3 aromatic rings. The second-order valence-electron chi connectivity index (χ2n) is 5.47. The predicted octanol–water partition coefficient (Wildman–Crippen LogP) is 4.54. The van der Waals surface area contributed by atoms with Crippen molar-refractivity contribution < 1.29 is 4.79 Å². The molecule has 126 valence electrons. The number of aryl methyl sites for hydroxylation is 1. The van der Waals surface area contributed by atoms with E-state index in [9.17, 15) is 4.79 Å². The summed E-state index contributed by atoms with van der Waals surface area (Å²) in [4.78, 5) is 15.1. The highest BCUT2D eigenvalue weighted by molar-refractivity contribution is 5.88. The molecule has 0 aliphatic heterocycles. The van der Waals surface area contributed by atoms with Gasteiger partial charge in [-0.15, -0.1) is 10.2 Å². The third-order valence-electron chi connectivity index (χ3n) is 3.41. The first-order valence-electron chi connectivity index (χ1n) is 7.74. The van der Waals surface area contributed by atoms with E-state index in [0.29, 0.717) is 5.95 Å². The molecule has 1 aromatic heterocycles. The fourth-order valence-corrected chi connectivity index (χ4v) is 2.17. The van der Waals surface area contributed by atoms with Crippen molar-refractivity contribution in [1.82, 2.24) is 9.55 Å². The fraction of sp³-hybridized carbons (Fsp3) is 0.111. The number of rotatable bonds is 5. The van der Waals surface area contributed by atoms with Gasteiger partial charge in [0.1, 0.15) is 0 Å². The van der Waals surface area contributed by atoms with Crippen molar-refractivity contribution in [3.8, 4) is 0 Å². The summed E-state index contributed by atoms with van der Waals surface area (Å²) in [6.45, 7) is 1.49. The van der Waals surface area contributed by atoms with Gasteiger partial charge in [0.2, 0.25) is 11.9 Å². The zero-order chi connectivity index (χ0) is 17.6. The van der Waals surface area contributed by atoms with Gasteiger partial charge in [-0.25, -0.2) is 4.98 Å². The van der Waals surface area contributed by atoms with Crippen LogP contribution in [0.3, 0.4) is 0 Å². The van der Waals surface area contributed by atoms with E-state index in [4.69, 9.17) is 0 Å². The molecule has 0 fully saturated rings. The smallest absolute Gasteiger partial charge is 0.249 e. The van der Waals surface area contributed by atoms with E-state index in [0.717, 1.165) is 22.7 Å². The lowest BCUT2D eigenvalue weighted by Gasteiger charge is -2.08. The van der Waals surface area contributed by atoms with Gasteiger partial charge in [-0.2, -0.15) is 0 Å². The largest absolute Gasteiger partial charge is 0.356 e. The molecular formula is C18H18N6O. The molecule has 2 N–H and O–H groups in total. The predicted molar refractivity (Wildman–Crippen MR) is 97.9 cm³/mol. The number of nitrogens with one attached hydrogen (secondary N) is 2. The van der Waals surface area contributed by atoms with Crippen LogP contribution in [-0.2, 0) is 11.8 Å². The monoisotopic (exact) mass is 334 g/mol. The molecule has 7 heteroatoms. The lowest BCUT2D eigenvalue weighted by Crippen LogP contribution is -2.05. The Morgan fingerprint density at radius 2 is 1.56 bits per heavy atom. The van der Waals surface area contributed by atoms with E-state index in [-0.39, 0.29) is 5.91 Å². The number of aromatic nitrogens is 2. The number of hydrogen-bond donors (Lipinski definition) is 2. The Morgan fingerprint density at radius 1 is 0.960 bits per heavy atom. The molecule has 1 amide bonds. The third kappa shape index (κ3) is 4.51. The molecule has 0 aliphatic carbocycles. The summed E-state index contributed by atoms with van der Waals surface area (Å²) >= 11 is 0. The van der Waals surface area contributed by atoms with Crippen molar-refractivity contribution in [2.75, 3.05) is 10.6 Å². The molecule has 0 bridgehead atoms. The average Bonchev–Trinajstić information content (AvgIpc) is 3.01. The van der Waals surface area contributed by atoms with Crippen LogP contribution in [0.2, 0.25) is 0 Å². The van der Waals surface area contributed by atoms with E-state index in [1.807, 2.05) is 61.8 Å². The van der Waals surface area contributed by atoms with E-state index in [1.54, 1.807) is 10.8 Å². The number of hydrogen-bond acceptors (Lipinski definition) is 5. The first-order chi connectivity index (χ1) is 12.1. The summed E-state index contributed by atoms with van der Waals surface area (Å²) in [5.74, 6) is 0.470. The maximum absolute atomic E-state index is 11.0. The van der Waals surface area contributed by atoms with Gasteiger partial charge in [0, 0.05) is 43.4 Å². The number of carbonyl (C=O) groups is 1. The van der Waals surface area contributed by atoms with Crippen LogP contribution in [0.1, 0.15) is 6.92 Å². The van der Waals surface area contributed by atoms with Gasteiger partial charge in [-0.1, -0.05) is 0 Å². The van der Waals surface area contributed by atoms with Gasteiger partial charge >= 0.3 is 0 Å². The summed E-state index contributed by atoms with van der Waals surface area (Å²) in [5.41, 5.74) is 3.37. The number of nitrogens with zero attached hydrogens (tertiary/aromatic N) is 4. The molecule has 0 atom stereocenters. The van der Waals surface area contributed by atoms with Crippen molar-refractivity contribution in [3.05, 3.63) is 60.9 Å². The minimum Gasteiger partial charge on any atom is -0.356 e. The number of carbonyl (C=O) groups excluding carboxylic acids is 1. The van der Waals surface area contributed by atoms with Crippen LogP contribution >= 0.6 is 0 Å². The molecule has 3 rings (SSSR count). The van der Waals surface area contributed by atoms with E-state index in [1.165, 1.54) is 6.92 Å². The molecule has 7 nitrogen and oxygen atoms in total. The molecule has 0 radical (unpaired) electrons. The van der Waals surface area contributed by atoms with Crippen molar-refractivity contribution in [3.63, 3.8) is 0 Å². The van der Waals surface area contributed by atoms with Crippen LogP contribution in [0, 0.1) is 0 Å². The Morgan fingerprint density at radius 3 is 2.12 bits per heavy atom. The van der Waals surface area contributed by atoms with Crippen molar-refractivity contribution >= 4 is 34.6 Å². The minimum absolute atomic E-state index is 0.0870. The van der Waals surface area contributed by atoms with E-state index < -0.39 is 0 Å². The second kappa shape index (κ2) is 7.39. The lowest BCUT2D eigenvalue weighted by atomic mass is 10.2. The first kappa shape index (κ1) is 16.4. The van der Waals surface area contributed by atoms with Crippen LogP contribution in [0.4, 0.5) is 28.7 Å². The summed E-state index contributed by atoms with van der Waals surface area (Å²) < 4.78 is 1.80. The van der Waals surface area contributed by atoms with Crippen molar-refractivity contribution in [2.45, 2.75) is 6.92 Å². The zero-order valence-electron chi connectivity index (χ0n) is 14.0. The van der Waals surface area contributed by atoms with Crippen LogP contribution in [0.15, 0.2) is 71.2 Å². The van der Waals surface area contributed by atoms with Crippen LogP contribution in [0.5, 0.6) is 0 Å². The molecule has 0 saturated carbocycles. The van der Waals surface area contributed by atoms with Gasteiger partial charge < -0.3 is 15.2 Å². The topological polar surface area (TPSA) is 83.7 Å². The molecule has 0 saturated heterocycles. The third-order valence-corrected chi connectivity index (χ3v) is 3.41. The molecule has 2 aromatic carbocycles. The Kier molecular flexibility index (Phi) is 4.84. The molecular weight excluding hydrogens is 316 g/mol. The maximum Gasteiger partial charge on any atom is 0.249 e. The Balaban J connectivity index is 1.63. The molecule has 0 unspecified atom stereocenters. The summed E-state index contributed by atoms with van der Waals surface area (Å²) in [6.07, 6.45) is 3.50. The van der Waals surface area contributed by atoms with E-state index >= 15 is 0 Å². The molecule has 0 spiro atoms. The number of benzene rings is 2. The summed E-state index contributed by atoms with van der Waals surface area (Å²) in [5, 5.41) is 14.3. The Labute approximate surface area is 145 Å². The fourth-order valence-electron chi connectivity index (χ4n) is 2.17. The summed E-state index contributed by atoms with van der Waals surface area (Å²) in [6, 6.07) is 15.1. The molecule has 0 aliphatic rings. The minimum atomic E-state index is -0.0870.